The van der Waals surface area contributed by atoms with E-state index in [1.165, 1.54) is 37.1 Å². The molecule has 1 saturated heterocycles. The molecular weight excluding hydrogens is 252 g/mol. The van der Waals surface area contributed by atoms with Crippen molar-refractivity contribution in [1.29, 1.82) is 0 Å². The highest BCUT2D eigenvalue weighted by Gasteiger charge is 2.31. The zero-order chi connectivity index (χ0) is 14.5. The SMILES string of the molecule is CN(C)CCCN1C(=O)N(N)CC1=CC1CCCCC1. The number of hydrazine groups is 1. The Morgan fingerprint density at radius 3 is 2.65 bits per heavy atom. The number of rotatable bonds is 5. The molecule has 0 aromatic carbocycles. The van der Waals surface area contributed by atoms with Crippen molar-refractivity contribution < 1.29 is 4.79 Å². The van der Waals surface area contributed by atoms with Crippen molar-refractivity contribution in [1.82, 2.24) is 14.8 Å². The summed E-state index contributed by atoms with van der Waals surface area (Å²) in [5.74, 6) is 6.42. The van der Waals surface area contributed by atoms with E-state index < -0.39 is 0 Å². The van der Waals surface area contributed by atoms with Crippen molar-refractivity contribution in [3.05, 3.63) is 11.8 Å². The Morgan fingerprint density at radius 1 is 1.30 bits per heavy atom. The Morgan fingerprint density at radius 2 is 2.00 bits per heavy atom. The first-order chi connectivity index (χ1) is 9.58. The summed E-state index contributed by atoms with van der Waals surface area (Å²) < 4.78 is 0. The zero-order valence-electron chi connectivity index (χ0n) is 12.8. The third kappa shape index (κ3) is 3.96. The lowest BCUT2D eigenvalue weighted by atomic mass is 9.88. The smallest absolute Gasteiger partial charge is 0.309 e. The van der Waals surface area contributed by atoms with Gasteiger partial charge in [-0.05, 0) is 45.8 Å². The second-order valence-electron chi connectivity index (χ2n) is 6.28. The van der Waals surface area contributed by atoms with Gasteiger partial charge in [-0.25, -0.2) is 10.6 Å². The number of hydrogen-bond acceptors (Lipinski definition) is 3. The van der Waals surface area contributed by atoms with Crippen LogP contribution in [0.2, 0.25) is 0 Å². The lowest BCUT2D eigenvalue weighted by molar-refractivity contribution is 0.193. The lowest BCUT2D eigenvalue weighted by Gasteiger charge is -2.22. The fourth-order valence-corrected chi connectivity index (χ4v) is 3.11. The molecule has 0 unspecified atom stereocenters. The molecular formula is C15H28N4O. The average molecular weight is 280 g/mol. The predicted molar refractivity (Wildman–Crippen MR) is 80.8 cm³/mol. The van der Waals surface area contributed by atoms with Crippen molar-refractivity contribution in [2.75, 3.05) is 33.7 Å². The first-order valence-corrected chi connectivity index (χ1v) is 7.77. The summed E-state index contributed by atoms with van der Waals surface area (Å²) in [7, 11) is 4.11. The summed E-state index contributed by atoms with van der Waals surface area (Å²) in [6.45, 7) is 2.33. The maximum Gasteiger partial charge on any atom is 0.338 e. The van der Waals surface area contributed by atoms with Crippen LogP contribution in [0.4, 0.5) is 4.79 Å². The van der Waals surface area contributed by atoms with E-state index in [2.05, 4.69) is 25.1 Å². The number of nitrogens with two attached hydrogens (primary N) is 1. The number of carbonyl (C=O) groups is 1. The van der Waals surface area contributed by atoms with E-state index in [-0.39, 0.29) is 6.03 Å². The second-order valence-corrected chi connectivity index (χ2v) is 6.28. The molecule has 2 rings (SSSR count). The molecule has 0 bridgehead atoms. The van der Waals surface area contributed by atoms with Crippen LogP contribution >= 0.6 is 0 Å². The average Bonchev–Trinajstić information content (AvgIpc) is 2.67. The van der Waals surface area contributed by atoms with Gasteiger partial charge in [-0.15, -0.1) is 0 Å². The Labute approximate surface area is 122 Å². The molecule has 20 heavy (non-hydrogen) atoms. The summed E-state index contributed by atoms with van der Waals surface area (Å²) in [5, 5.41) is 1.34. The Bertz CT molecular complexity index is 361. The molecule has 2 amide bonds. The Kier molecular flexibility index (Phi) is 5.43. The molecule has 0 atom stereocenters. The van der Waals surface area contributed by atoms with Gasteiger partial charge in [0.05, 0.1) is 6.54 Å². The molecule has 0 radical (unpaired) electrons. The molecule has 2 fully saturated rings. The van der Waals surface area contributed by atoms with Gasteiger partial charge in [-0.3, -0.25) is 9.91 Å². The van der Waals surface area contributed by atoms with Crippen molar-refractivity contribution in [3.63, 3.8) is 0 Å². The quantitative estimate of drug-likeness (QED) is 0.619. The fourth-order valence-electron chi connectivity index (χ4n) is 3.11. The summed E-state index contributed by atoms with van der Waals surface area (Å²) in [6, 6.07) is -0.0502. The highest BCUT2D eigenvalue weighted by molar-refractivity contribution is 5.79. The van der Waals surface area contributed by atoms with Gasteiger partial charge in [-0.1, -0.05) is 25.3 Å². The summed E-state index contributed by atoms with van der Waals surface area (Å²) in [4.78, 5) is 16.1. The van der Waals surface area contributed by atoms with E-state index in [0.717, 1.165) is 25.2 Å². The first-order valence-electron chi connectivity index (χ1n) is 7.77. The van der Waals surface area contributed by atoms with Crippen LogP contribution in [0.5, 0.6) is 0 Å². The molecule has 0 aromatic rings. The van der Waals surface area contributed by atoms with E-state index >= 15 is 0 Å². The molecule has 5 heteroatoms. The number of urea groups is 1. The molecule has 114 valence electrons. The van der Waals surface area contributed by atoms with Crippen LogP contribution in [-0.2, 0) is 0 Å². The van der Waals surface area contributed by atoms with Crippen LogP contribution in [-0.4, -0.2) is 54.6 Å². The topological polar surface area (TPSA) is 52.8 Å². The van der Waals surface area contributed by atoms with Gasteiger partial charge in [0.2, 0.25) is 0 Å². The Balaban J connectivity index is 1.97. The van der Waals surface area contributed by atoms with Gasteiger partial charge in [-0.2, -0.15) is 0 Å². The van der Waals surface area contributed by atoms with Crippen molar-refractivity contribution >= 4 is 6.03 Å². The van der Waals surface area contributed by atoms with Gasteiger partial charge in [0, 0.05) is 12.2 Å². The van der Waals surface area contributed by atoms with Crippen LogP contribution in [0.1, 0.15) is 38.5 Å². The third-order valence-corrected chi connectivity index (χ3v) is 4.22. The van der Waals surface area contributed by atoms with E-state index in [4.69, 9.17) is 5.84 Å². The minimum absolute atomic E-state index is 0.0502. The largest absolute Gasteiger partial charge is 0.338 e. The van der Waals surface area contributed by atoms with Crippen LogP contribution < -0.4 is 5.84 Å². The second kappa shape index (κ2) is 7.09. The van der Waals surface area contributed by atoms with Crippen molar-refractivity contribution in [3.8, 4) is 0 Å². The number of nitrogens with zero attached hydrogens (tertiary/aromatic N) is 3. The molecule has 1 aliphatic heterocycles. The summed E-state index contributed by atoms with van der Waals surface area (Å²) in [5.41, 5.74) is 1.11. The predicted octanol–water partition coefficient (Wildman–Crippen LogP) is 2.01. The van der Waals surface area contributed by atoms with Gasteiger partial charge >= 0.3 is 6.03 Å². The maximum atomic E-state index is 12.1. The third-order valence-electron chi connectivity index (χ3n) is 4.22. The zero-order valence-corrected chi connectivity index (χ0v) is 12.8. The van der Waals surface area contributed by atoms with Crippen LogP contribution in [0.25, 0.3) is 0 Å². The van der Waals surface area contributed by atoms with Gasteiger partial charge < -0.3 is 4.90 Å². The van der Waals surface area contributed by atoms with Crippen molar-refractivity contribution in [2.24, 2.45) is 11.8 Å². The number of amides is 2. The molecule has 0 aromatic heterocycles. The van der Waals surface area contributed by atoms with Gasteiger partial charge in [0.15, 0.2) is 0 Å². The summed E-state index contributed by atoms with van der Waals surface area (Å²) >= 11 is 0. The summed E-state index contributed by atoms with van der Waals surface area (Å²) in [6.07, 6.45) is 9.79. The number of carbonyl (C=O) groups excluding carboxylic acids is 1. The van der Waals surface area contributed by atoms with E-state index in [1.807, 2.05) is 4.90 Å². The number of hydrogen-bond donors (Lipinski definition) is 1. The highest BCUT2D eigenvalue weighted by Crippen LogP contribution is 2.28. The molecule has 2 N–H and O–H groups in total. The lowest BCUT2D eigenvalue weighted by Crippen LogP contribution is -2.37. The fraction of sp³-hybridized carbons (Fsp3) is 0.800. The van der Waals surface area contributed by atoms with Crippen LogP contribution in [0.3, 0.4) is 0 Å². The molecule has 1 saturated carbocycles. The normalized spacial score (nSPS) is 23.4. The minimum Gasteiger partial charge on any atom is -0.309 e. The number of allylic oxidation sites excluding steroid dienone is 1. The maximum absolute atomic E-state index is 12.1. The molecule has 0 spiro atoms. The minimum atomic E-state index is -0.0502. The van der Waals surface area contributed by atoms with Crippen molar-refractivity contribution in [2.45, 2.75) is 38.5 Å². The van der Waals surface area contributed by atoms with E-state index in [1.54, 1.807) is 0 Å². The first kappa shape index (κ1) is 15.3. The van der Waals surface area contributed by atoms with E-state index in [0.29, 0.717) is 12.5 Å². The van der Waals surface area contributed by atoms with Crippen LogP contribution in [0, 0.1) is 5.92 Å². The van der Waals surface area contributed by atoms with Gasteiger partial charge in [0.25, 0.3) is 0 Å². The molecule has 5 nitrogen and oxygen atoms in total. The Hall–Kier alpha value is -1.07. The van der Waals surface area contributed by atoms with Crippen LogP contribution in [0.15, 0.2) is 11.8 Å². The standard InChI is InChI=1S/C15H28N4O/c1-17(2)9-6-10-18-14(12-19(16)15(18)20)11-13-7-4-3-5-8-13/h11,13H,3-10,12,16H2,1-2H3. The molecule has 2 aliphatic rings. The van der Waals surface area contributed by atoms with E-state index in [9.17, 15) is 4.79 Å². The highest BCUT2D eigenvalue weighted by atomic mass is 16.2. The molecule has 1 aliphatic carbocycles. The monoisotopic (exact) mass is 280 g/mol. The molecule has 1 heterocycles. The van der Waals surface area contributed by atoms with Gasteiger partial charge in [0.1, 0.15) is 0 Å².